The first-order valence-corrected chi connectivity index (χ1v) is 15.0. The molecular formula is C34H54. The maximum absolute atomic E-state index is 2.84. The molecule has 190 valence electrons. The van der Waals surface area contributed by atoms with Gasteiger partial charge in [-0.3, -0.25) is 0 Å². The van der Waals surface area contributed by atoms with Crippen molar-refractivity contribution >= 4 is 0 Å². The van der Waals surface area contributed by atoms with Gasteiger partial charge in [-0.2, -0.15) is 0 Å². The first-order chi connectivity index (χ1) is 15.0. The Morgan fingerprint density at radius 1 is 0.412 bits per heavy atom. The molecule has 0 aromatic heterocycles. The van der Waals surface area contributed by atoms with E-state index < -0.39 is 0 Å². The number of rotatable bonds is 0. The molecule has 0 aliphatic heterocycles. The second kappa shape index (κ2) is 4.08. The zero-order valence-electron chi connectivity index (χ0n) is 25.5. The molecule has 0 radical (unpaired) electrons. The van der Waals surface area contributed by atoms with E-state index in [1.165, 1.54) is 6.42 Å². The molecular weight excluding hydrogens is 408 g/mol. The molecule has 0 spiro atoms. The molecule has 9 rings (SSSR count). The second-order valence-electron chi connectivity index (χ2n) is 18.4. The fourth-order valence-corrected chi connectivity index (χ4v) is 21.4. The molecule has 9 saturated carbocycles. The van der Waals surface area contributed by atoms with Gasteiger partial charge in [0.15, 0.2) is 0 Å². The zero-order chi connectivity index (χ0) is 25.5. The highest BCUT2D eigenvalue weighted by Gasteiger charge is 3.19. The SMILES string of the molecule is CC1C2(C)CC3(C)C1(C)C1(C)C3(C)C3(C)C1(C)C1(C)C4(C)C5(C)C(C)C2C(C)C5(C)C4(C)C31C. The van der Waals surface area contributed by atoms with E-state index in [1.54, 1.807) is 0 Å². The van der Waals surface area contributed by atoms with Gasteiger partial charge in [-0.15, -0.1) is 0 Å². The molecule has 0 nitrogen and oxygen atoms in total. The summed E-state index contributed by atoms with van der Waals surface area (Å²) in [6.45, 7) is 45.0. The van der Waals surface area contributed by atoms with Crippen LogP contribution in [0.25, 0.3) is 0 Å². The van der Waals surface area contributed by atoms with Crippen LogP contribution in [0.2, 0.25) is 0 Å². The van der Waals surface area contributed by atoms with Crippen molar-refractivity contribution in [3.05, 3.63) is 0 Å². The largest absolute Gasteiger partial charge is 0.0616 e. The monoisotopic (exact) mass is 462 g/mol. The summed E-state index contributed by atoms with van der Waals surface area (Å²) >= 11 is 0. The highest BCUT2D eigenvalue weighted by molar-refractivity contribution is 5.65. The van der Waals surface area contributed by atoms with Crippen LogP contribution in [0.4, 0.5) is 0 Å². The lowest BCUT2D eigenvalue weighted by Crippen LogP contribution is -3.15. The van der Waals surface area contributed by atoms with Gasteiger partial charge in [0.1, 0.15) is 0 Å². The van der Waals surface area contributed by atoms with Crippen LogP contribution in [0.3, 0.4) is 0 Å². The summed E-state index contributed by atoms with van der Waals surface area (Å²) in [5.41, 5.74) is 5.43. The van der Waals surface area contributed by atoms with E-state index in [2.05, 4.69) is 111 Å². The third-order valence-corrected chi connectivity index (χ3v) is 22.7. The summed E-state index contributed by atoms with van der Waals surface area (Å²) < 4.78 is 0. The normalized spacial score (nSPS) is 88.2. The molecule has 0 saturated heterocycles. The summed E-state index contributed by atoms with van der Waals surface area (Å²) in [5.74, 6) is 3.22. The Bertz CT molecular complexity index is 1160. The lowest BCUT2D eigenvalue weighted by molar-refractivity contribution is -0.721. The van der Waals surface area contributed by atoms with Crippen LogP contribution in [-0.4, -0.2) is 0 Å². The molecule has 9 aliphatic rings. The van der Waals surface area contributed by atoms with Gasteiger partial charge in [-0.1, -0.05) is 111 Å². The minimum atomic E-state index is 0.404. The van der Waals surface area contributed by atoms with Crippen LogP contribution in [0, 0.1) is 94.1 Å². The summed E-state index contributed by atoms with van der Waals surface area (Å²) in [6, 6.07) is 0. The third-order valence-electron chi connectivity index (χ3n) is 22.7. The van der Waals surface area contributed by atoms with Crippen molar-refractivity contribution in [2.24, 2.45) is 94.1 Å². The molecule has 0 aromatic rings. The van der Waals surface area contributed by atoms with Gasteiger partial charge in [0.05, 0.1) is 0 Å². The van der Waals surface area contributed by atoms with E-state index in [-0.39, 0.29) is 0 Å². The highest BCUT2D eigenvalue weighted by Crippen LogP contribution is 3.22. The molecule has 0 N–H and O–H groups in total. The van der Waals surface area contributed by atoms with Crippen molar-refractivity contribution in [2.45, 2.75) is 117 Å². The molecule has 0 heteroatoms. The quantitative estimate of drug-likeness (QED) is 0.337. The van der Waals surface area contributed by atoms with Gasteiger partial charge in [-0.25, -0.2) is 0 Å². The molecule has 9 aliphatic carbocycles. The Morgan fingerprint density at radius 3 is 1.12 bits per heavy atom. The van der Waals surface area contributed by atoms with E-state index in [4.69, 9.17) is 0 Å². The molecule has 34 heavy (non-hydrogen) atoms. The molecule has 0 heterocycles. The highest BCUT2D eigenvalue weighted by atomic mass is 15.2. The van der Waals surface area contributed by atoms with Gasteiger partial charge in [0.2, 0.25) is 0 Å². The van der Waals surface area contributed by atoms with Gasteiger partial charge in [-0.05, 0) is 100 Å². The molecule has 0 amide bonds. The maximum atomic E-state index is 2.84. The minimum Gasteiger partial charge on any atom is -0.0616 e. The van der Waals surface area contributed by atoms with Crippen molar-refractivity contribution in [1.82, 2.24) is 0 Å². The van der Waals surface area contributed by atoms with Crippen molar-refractivity contribution < 1.29 is 0 Å². The standard InChI is InChI=1S/C34H54/c1-18-21-19(2)25(7)24(18,6)28(10)29(25,11)33(15)32(28,14)31(13)27(9)23(5)17-22(21,4)20(3)26(23,8)30(27,12)34(31,33)16/h18-21H,17H2,1-16H3. The fourth-order valence-electron chi connectivity index (χ4n) is 21.4. The fraction of sp³-hybridized carbons (Fsp3) is 1.00. The Labute approximate surface area is 211 Å². The Morgan fingerprint density at radius 2 is 0.735 bits per heavy atom. The van der Waals surface area contributed by atoms with Gasteiger partial charge in [0, 0.05) is 0 Å². The number of hydrogen-bond acceptors (Lipinski definition) is 0. The predicted octanol–water partition coefficient (Wildman–Crippen LogP) is 9.09. The van der Waals surface area contributed by atoms with Crippen molar-refractivity contribution in [3.8, 4) is 0 Å². The number of hydrogen-bond donors (Lipinski definition) is 0. The summed E-state index contributed by atoms with van der Waals surface area (Å²) in [6.07, 6.45) is 1.46. The lowest BCUT2D eigenvalue weighted by Gasteiger charge is -3.18. The van der Waals surface area contributed by atoms with E-state index >= 15 is 0 Å². The van der Waals surface area contributed by atoms with Gasteiger partial charge < -0.3 is 0 Å². The van der Waals surface area contributed by atoms with E-state index in [9.17, 15) is 0 Å². The first kappa shape index (κ1) is 22.0. The van der Waals surface area contributed by atoms with Crippen molar-refractivity contribution in [2.75, 3.05) is 0 Å². The van der Waals surface area contributed by atoms with Crippen LogP contribution < -0.4 is 0 Å². The second-order valence-corrected chi connectivity index (χ2v) is 18.4. The van der Waals surface area contributed by atoms with E-state index in [0.29, 0.717) is 70.4 Å². The van der Waals surface area contributed by atoms with E-state index in [1.807, 2.05) is 0 Å². The van der Waals surface area contributed by atoms with Crippen LogP contribution in [0.5, 0.6) is 0 Å². The van der Waals surface area contributed by atoms with Crippen LogP contribution in [-0.2, 0) is 0 Å². The topological polar surface area (TPSA) is 0 Å². The molecule has 17 unspecified atom stereocenters. The summed E-state index contributed by atoms with van der Waals surface area (Å²) in [5, 5.41) is 0. The maximum Gasteiger partial charge on any atom is -0.0131 e. The molecule has 9 fully saturated rings. The Kier molecular flexibility index (Phi) is 2.64. The zero-order valence-corrected chi connectivity index (χ0v) is 25.5. The Hall–Kier alpha value is 0. The average Bonchev–Trinajstić information content (AvgIpc) is 3.03. The van der Waals surface area contributed by atoms with Crippen LogP contribution >= 0.6 is 0 Å². The van der Waals surface area contributed by atoms with Gasteiger partial charge >= 0.3 is 0 Å². The minimum absolute atomic E-state index is 0.404. The van der Waals surface area contributed by atoms with Crippen molar-refractivity contribution in [3.63, 3.8) is 0 Å². The van der Waals surface area contributed by atoms with Crippen molar-refractivity contribution in [1.29, 1.82) is 0 Å². The van der Waals surface area contributed by atoms with E-state index in [0.717, 1.165) is 23.7 Å². The van der Waals surface area contributed by atoms with Crippen LogP contribution in [0.1, 0.15) is 117 Å². The average molecular weight is 463 g/mol. The van der Waals surface area contributed by atoms with Gasteiger partial charge in [0.25, 0.3) is 0 Å². The summed E-state index contributed by atoms with van der Waals surface area (Å²) in [7, 11) is 0. The smallest absolute Gasteiger partial charge is 0.0131 e. The lowest BCUT2D eigenvalue weighted by atomic mass is 8.85. The molecule has 0 aromatic carbocycles. The third kappa shape index (κ3) is 0.870. The summed E-state index contributed by atoms with van der Waals surface area (Å²) in [4.78, 5) is 0. The predicted molar refractivity (Wildman–Crippen MR) is 141 cm³/mol. The van der Waals surface area contributed by atoms with Crippen LogP contribution in [0.15, 0.2) is 0 Å². The molecule has 6 bridgehead atoms. The molecule has 17 atom stereocenters. The first-order valence-electron chi connectivity index (χ1n) is 15.0. The Balaban J connectivity index is 1.61.